The summed E-state index contributed by atoms with van der Waals surface area (Å²) in [6.07, 6.45) is 0. The summed E-state index contributed by atoms with van der Waals surface area (Å²) < 4.78 is 0. The second-order valence-electron chi connectivity index (χ2n) is 5.15. The van der Waals surface area contributed by atoms with Gasteiger partial charge in [0, 0.05) is 10.4 Å². The number of amides is 1. The van der Waals surface area contributed by atoms with Gasteiger partial charge in [0.15, 0.2) is 0 Å². The lowest BCUT2D eigenvalue weighted by Crippen LogP contribution is -2.19. The molecule has 5 nitrogen and oxygen atoms in total. The van der Waals surface area contributed by atoms with Crippen molar-refractivity contribution in [3.05, 3.63) is 64.0 Å². The lowest BCUT2D eigenvalue weighted by atomic mass is 10.1. The first-order chi connectivity index (χ1) is 11.1. The predicted octanol–water partition coefficient (Wildman–Crippen LogP) is 3.60. The van der Waals surface area contributed by atoms with Gasteiger partial charge in [0.05, 0.1) is 11.4 Å². The third-order valence-corrected chi connectivity index (χ3v) is 4.35. The third-order valence-electron chi connectivity index (χ3n) is 3.37. The van der Waals surface area contributed by atoms with Crippen LogP contribution >= 0.6 is 11.3 Å². The average molecular weight is 324 g/mol. The van der Waals surface area contributed by atoms with Crippen molar-refractivity contribution in [2.75, 3.05) is 0 Å². The Kier molecular flexibility index (Phi) is 4.34. The molecule has 2 aromatic heterocycles. The monoisotopic (exact) mass is 324 g/mol. The van der Waals surface area contributed by atoms with E-state index in [1.54, 1.807) is 17.4 Å². The molecule has 6 heteroatoms. The molecule has 1 aromatic carbocycles. The zero-order valence-corrected chi connectivity index (χ0v) is 13.6. The Balaban J connectivity index is 1.71. The van der Waals surface area contributed by atoms with Crippen LogP contribution in [0.2, 0.25) is 0 Å². The highest BCUT2D eigenvalue weighted by atomic mass is 32.1. The van der Waals surface area contributed by atoms with E-state index in [4.69, 9.17) is 0 Å². The smallest absolute Gasteiger partial charge is 0.272 e. The van der Waals surface area contributed by atoms with Crippen LogP contribution in [0, 0.1) is 6.92 Å². The first-order valence-electron chi connectivity index (χ1n) is 7.14. The van der Waals surface area contributed by atoms with E-state index in [9.17, 15) is 4.79 Å². The van der Waals surface area contributed by atoms with E-state index < -0.39 is 0 Å². The minimum Gasteiger partial charge on any atom is -0.272 e. The van der Waals surface area contributed by atoms with Gasteiger partial charge in [0.1, 0.15) is 5.69 Å². The number of rotatable bonds is 4. The summed E-state index contributed by atoms with van der Waals surface area (Å²) in [6, 6.07) is 13.6. The van der Waals surface area contributed by atoms with Crippen molar-refractivity contribution in [3.63, 3.8) is 0 Å². The van der Waals surface area contributed by atoms with Crippen LogP contribution in [0.5, 0.6) is 0 Å². The molecule has 0 aliphatic carbocycles. The molecular formula is C17H16N4OS. The van der Waals surface area contributed by atoms with Crippen LogP contribution in [-0.4, -0.2) is 21.8 Å². The Morgan fingerprint density at radius 2 is 2.04 bits per heavy atom. The molecule has 0 saturated carbocycles. The Morgan fingerprint density at radius 1 is 1.26 bits per heavy atom. The molecule has 0 spiro atoms. The Morgan fingerprint density at radius 3 is 2.74 bits per heavy atom. The van der Waals surface area contributed by atoms with Crippen molar-refractivity contribution in [3.8, 4) is 11.3 Å². The molecule has 0 fully saturated rings. The number of aromatic nitrogens is 2. The van der Waals surface area contributed by atoms with Gasteiger partial charge in [-0.25, -0.2) is 5.43 Å². The highest BCUT2D eigenvalue weighted by Crippen LogP contribution is 2.18. The van der Waals surface area contributed by atoms with Gasteiger partial charge in [-0.15, -0.1) is 11.3 Å². The van der Waals surface area contributed by atoms with Crippen LogP contribution in [0.25, 0.3) is 11.3 Å². The van der Waals surface area contributed by atoms with Crippen molar-refractivity contribution >= 4 is 23.0 Å². The molecule has 0 bridgehead atoms. The molecule has 1 amide bonds. The highest BCUT2D eigenvalue weighted by molar-refractivity contribution is 7.12. The lowest BCUT2D eigenvalue weighted by molar-refractivity contribution is 0.0950. The fourth-order valence-electron chi connectivity index (χ4n) is 2.04. The average Bonchev–Trinajstić information content (AvgIpc) is 3.24. The molecule has 0 unspecified atom stereocenters. The lowest BCUT2D eigenvalue weighted by Gasteiger charge is -1.98. The number of aryl methyl sites for hydroxylation is 1. The number of H-pyrrole nitrogens is 1. The van der Waals surface area contributed by atoms with Crippen molar-refractivity contribution in [2.45, 2.75) is 13.8 Å². The van der Waals surface area contributed by atoms with Crippen molar-refractivity contribution in [1.82, 2.24) is 15.6 Å². The summed E-state index contributed by atoms with van der Waals surface area (Å²) in [4.78, 5) is 13.2. The van der Waals surface area contributed by atoms with E-state index in [1.807, 2.05) is 55.6 Å². The summed E-state index contributed by atoms with van der Waals surface area (Å²) in [5.41, 5.74) is 6.57. The molecule has 2 N–H and O–H groups in total. The van der Waals surface area contributed by atoms with E-state index in [2.05, 4.69) is 20.7 Å². The summed E-state index contributed by atoms with van der Waals surface area (Å²) >= 11 is 1.58. The fraction of sp³-hybridized carbons (Fsp3) is 0.118. The standard InChI is InChI=1S/C17H16N4OS/c1-11-5-7-13(8-6-11)14-10-15(20-19-14)17(22)21-18-12(2)16-4-3-9-23-16/h3-10H,1-2H3,(H,19,20)(H,21,22)/b18-12+. The minimum absolute atomic E-state index is 0.313. The van der Waals surface area contributed by atoms with E-state index in [1.165, 1.54) is 5.56 Å². The molecule has 0 aliphatic heterocycles. The quantitative estimate of drug-likeness (QED) is 0.568. The summed E-state index contributed by atoms with van der Waals surface area (Å²) in [5.74, 6) is -0.313. The fourth-order valence-corrected chi connectivity index (χ4v) is 2.72. The van der Waals surface area contributed by atoms with Gasteiger partial charge in [-0.3, -0.25) is 9.89 Å². The van der Waals surface area contributed by atoms with Crippen LogP contribution in [-0.2, 0) is 0 Å². The predicted molar refractivity (Wildman–Crippen MR) is 92.8 cm³/mol. The summed E-state index contributed by atoms with van der Waals surface area (Å²) in [5, 5.41) is 13.0. The second kappa shape index (κ2) is 6.58. The number of hydrazone groups is 1. The van der Waals surface area contributed by atoms with Crippen LogP contribution in [0.15, 0.2) is 52.9 Å². The Bertz CT molecular complexity index is 832. The molecule has 0 saturated heterocycles. The zero-order chi connectivity index (χ0) is 16.2. The van der Waals surface area contributed by atoms with Crippen LogP contribution in [0.1, 0.15) is 27.9 Å². The molecule has 0 radical (unpaired) electrons. The maximum Gasteiger partial charge on any atom is 0.289 e. The molecule has 116 valence electrons. The van der Waals surface area contributed by atoms with Gasteiger partial charge < -0.3 is 0 Å². The number of thiophene rings is 1. The van der Waals surface area contributed by atoms with E-state index in [0.717, 1.165) is 21.8 Å². The molecule has 0 aliphatic rings. The maximum atomic E-state index is 12.1. The number of benzene rings is 1. The summed E-state index contributed by atoms with van der Waals surface area (Å²) in [6.45, 7) is 3.89. The van der Waals surface area contributed by atoms with Gasteiger partial charge in [-0.1, -0.05) is 35.9 Å². The first-order valence-corrected chi connectivity index (χ1v) is 8.02. The number of nitrogens with one attached hydrogen (secondary N) is 2. The Labute approximate surface area is 138 Å². The zero-order valence-electron chi connectivity index (χ0n) is 12.8. The topological polar surface area (TPSA) is 70.1 Å². The number of carbonyl (C=O) groups excluding carboxylic acids is 1. The number of nitrogens with zero attached hydrogens (tertiary/aromatic N) is 2. The molecule has 3 rings (SSSR count). The maximum absolute atomic E-state index is 12.1. The molecule has 2 heterocycles. The van der Waals surface area contributed by atoms with Crippen molar-refractivity contribution in [2.24, 2.45) is 5.10 Å². The number of hydrogen-bond donors (Lipinski definition) is 2. The van der Waals surface area contributed by atoms with E-state index >= 15 is 0 Å². The minimum atomic E-state index is -0.313. The van der Waals surface area contributed by atoms with Crippen LogP contribution in [0.4, 0.5) is 0 Å². The molecule has 23 heavy (non-hydrogen) atoms. The normalized spacial score (nSPS) is 11.5. The molecule has 3 aromatic rings. The highest BCUT2D eigenvalue weighted by Gasteiger charge is 2.10. The van der Waals surface area contributed by atoms with Crippen LogP contribution in [0.3, 0.4) is 0 Å². The van der Waals surface area contributed by atoms with Gasteiger partial charge in [-0.2, -0.15) is 10.2 Å². The van der Waals surface area contributed by atoms with Gasteiger partial charge in [0.2, 0.25) is 0 Å². The van der Waals surface area contributed by atoms with E-state index in [0.29, 0.717) is 5.69 Å². The van der Waals surface area contributed by atoms with Gasteiger partial charge in [0.25, 0.3) is 5.91 Å². The largest absolute Gasteiger partial charge is 0.289 e. The number of hydrogen-bond acceptors (Lipinski definition) is 4. The van der Waals surface area contributed by atoms with Gasteiger partial charge in [-0.05, 0) is 31.4 Å². The van der Waals surface area contributed by atoms with E-state index in [-0.39, 0.29) is 5.91 Å². The molecular weight excluding hydrogens is 308 g/mol. The molecule has 0 atom stereocenters. The van der Waals surface area contributed by atoms with Crippen LogP contribution < -0.4 is 5.43 Å². The van der Waals surface area contributed by atoms with Gasteiger partial charge >= 0.3 is 0 Å². The summed E-state index contributed by atoms with van der Waals surface area (Å²) in [7, 11) is 0. The third kappa shape index (κ3) is 3.54. The van der Waals surface area contributed by atoms with Crippen molar-refractivity contribution < 1.29 is 4.79 Å². The Hall–Kier alpha value is -2.73. The SMILES string of the molecule is C/C(=N\NC(=O)c1cc(-c2ccc(C)cc2)n[nH]1)c1cccs1. The first kappa shape index (κ1) is 15.2. The second-order valence-corrected chi connectivity index (χ2v) is 6.10. The van der Waals surface area contributed by atoms with Crippen molar-refractivity contribution in [1.29, 1.82) is 0 Å². The number of carbonyl (C=O) groups is 1. The number of aromatic amines is 1.